The molecule has 4 heterocycles. The second kappa shape index (κ2) is 8.15. The van der Waals surface area contributed by atoms with Crippen molar-refractivity contribution in [2.75, 3.05) is 13.7 Å². The number of benzene rings is 1. The molecule has 0 atom stereocenters. The molecule has 0 aliphatic heterocycles. The molecule has 35 heavy (non-hydrogen) atoms. The molecular formula is C23H18F3N5O4. The quantitative estimate of drug-likeness (QED) is 0.342. The Hall–Kier alpha value is -4.35. The molecule has 0 fully saturated rings. The Morgan fingerprint density at radius 3 is 2.46 bits per heavy atom. The predicted octanol–water partition coefficient (Wildman–Crippen LogP) is 3.53. The molecule has 0 unspecified atom stereocenters. The molecule has 180 valence electrons. The van der Waals surface area contributed by atoms with Crippen LogP contribution in [0, 0.1) is 0 Å². The number of nitrogens with zero attached hydrogens (tertiary/aromatic N) is 5. The summed E-state index contributed by atoms with van der Waals surface area (Å²) in [4.78, 5) is 25.2. The standard InChI is InChI=1S/C23H18F3N5O4/c1-3-35-22(33)16-11-28-31(20(16)23(24,25)26)18-9-8-17-19-15(10-27-30(18)19)21(32)29(17)12-13-4-6-14(34-2)7-5-13/h4-11H,3,12H2,1-2H3. The number of alkyl halides is 3. The Labute approximate surface area is 195 Å². The minimum atomic E-state index is -4.91. The van der Waals surface area contributed by atoms with Crippen molar-refractivity contribution in [2.45, 2.75) is 19.6 Å². The summed E-state index contributed by atoms with van der Waals surface area (Å²) in [6.45, 7) is 1.65. The van der Waals surface area contributed by atoms with Gasteiger partial charge in [0.1, 0.15) is 16.8 Å². The van der Waals surface area contributed by atoms with Crippen LogP contribution in [0.4, 0.5) is 13.2 Å². The lowest BCUT2D eigenvalue weighted by atomic mass is 10.2. The first-order chi connectivity index (χ1) is 16.7. The second-order valence-corrected chi connectivity index (χ2v) is 7.67. The fourth-order valence-electron chi connectivity index (χ4n) is 4.08. The van der Waals surface area contributed by atoms with E-state index in [2.05, 4.69) is 10.2 Å². The number of carbonyl (C=O) groups excluding carboxylic acids is 1. The summed E-state index contributed by atoms with van der Waals surface area (Å²) in [7, 11) is 1.55. The average Bonchev–Trinajstić information content (AvgIpc) is 3.53. The highest BCUT2D eigenvalue weighted by Crippen LogP contribution is 2.35. The highest BCUT2D eigenvalue weighted by molar-refractivity contribution is 5.95. The van der Waals surface area contributed by atoms with E-state index in [1.165, 1.54) is 34.3 Å². The molecule has 9 nitrogen and oxygen atoms in total. The molecule has 0 amide bonds. The van der Waals surface area contributed by atoms with E-state index >= 15 is 0 Å². The van der Waals surface area contributed by atoms with Crippen molar-refractivity contribution in [3.63, 3.8) is 0 Å². The molecule has 0 N–H and O–H groups in total. The molecular weight excluding hydrogens is 467 g/mol. The number of ether oxygens (including phenoxy) is 2. The van der Waals surface area contributed by atoms with Gasteiger partial charge < -0.3 is 14.0 Å². The van der Waals surface area contributed by atoms with Gasteiger partial charge in [-0.3, -0.25) is 4.79 Å². The number of esters is 1. The monoisotopic (exact) mass is 485 g/mol. The van der Waals surface area contributed by atoms with Crippen LogP contribution in [0.25, 0.3) is 22.2 Å². The van der Waals surface area contributed by atoms with E-state index in [1.54, 1.807) is 19.2 Å². The first kappa shape index (κ1) is 22.4. The van der Waals surface area contributed by atoms with Gasteiger partial charge in [0.15, 0.2) is 11.5 Å². The van der Waals surface area contributed by atoms with Gasteiger partial charge in [-0.1, -0.05) is 12.1 Å². The third kappa shape index (κ3) is 3.57. The van der Waals surface area contributed by atoms with Crippen LogP contribution in [0.15, 0.2) is 53.6 Å². The van der Waals surface area contributed by atoms with Gasteiger partial charge in [-0.05, 0) is 36.8 Å². The van der Waals surface area contributed by atoms with Crippen LogP contribution >= 0.6 is 0 Å². The van der Waals surface area contributed by atoms with Gasteiger partial charge in [-0.25, -0.2) is 14.0 Å². The summed E-state index contributed by atoms with van der Waals surface area (Å²) in [6.07, 6.45) is -2.79. The van der Waals surface area contributed by atoms with Gasteiger partial charge in [0, 0.05) is 0 Å². The highest BCUT2D eigenvalue weighted by Gasteiger charge is 2.41. The van der Waals surface area contributed by atoms with Crippen LogP contribution in [-0.2, 0) is 17.5 Å². The Bertz CT molecular complexity index is 1600. The van der Waals surface area contributed by atoms with Gasteiger partial charge in [0.2, 0.25) is 0 Å². The summed E-state index contributed by atoms with van der Waals surface area (Å²) < 4.78 is 55.2. The Morgan fingerprint density at radius 1 is 1.06 bits per heavy atom. The van der Waals surface area contributed by atoms with E-state index < -0.39 is 23.4 Å². The summed E-state index contributed by atoms with van der Waals surface area (Å²) in [6, 6.07) is 10.1. The van der Waals surface area contributed by atoms with E-state index in [4.69, 9.17) is 9.47 Å². The molecule has 5 rings (SSSR count). The van der Waals surface area contributed by atoms with Crippen LogP contribution < -0.4 is 10.3 Å². The van der Waals surface area contributed by atoms with Gasteiger partial charge in [-0.2, -0.15) is 23.4 Å². The fraction of sp³-hybridized carbons (Fsp3) is 0.217. The largest absolute Gasteiger partial charge is 0.497 e. The lowest BCUT2D eigenvalue weighted by molar-refractivity contribution is -0.143. The maximum Gasteiger partial charge on any atom is 0.434 e. The van der Waals surface area contributed by atoms with Gasteiger partial charge >= 0.3 is 12.1 Å². The van der Waals surface area contributed by atoms with Crippen LogP contribution in [-0.4, -0.2) is 43.6 Å². The fourth-order valence-corrected chi connectivity index (χ4v) is 4.08. The SMILES string of the molecule is CCOC(=O)c1cnn(-c2ccc3c4c(cnn24)c(=O)n3Cc2ccc(OC)cc2)c1C(F)(F)F. The lowest BCUT2D eigenvalue weighted by Gasteiger charge is -2.14. The number of carbonyl (C=O) groups is 1. The number of hydrogen-bond acceptors (Lipinski definition) is 6. The highest BCUT2D eigenvalue weighted by atomic mass is 19.4. The Kier molecular flexibility index (Phi) is 5.23. The summed E-state index contributed by atoms with van der Waals surface area (Å²) in [5.41, 5.74) is -0.647. The van der Waals surface area contributed by atoms with E-state index in [1.807, 2.05) is 12.1 Å². The topological polar surface area (TPSA) is 92.7 Å². The molecule has 0 saturated carbocycles. The molecule has 12 heteroatoms. The molecule has 0 radical (unpaired) electrons. The zero-order chi connectivity index (χ0) is 24.9. The maximum absolute atomic E-state index is 14.0. The maximum atomic E-state index is 14.0. The second-order valence-electron chi connectivity index (χ2n) is 7.67. The first-order valence-corrected chi connectivity index (χ1v) is 10.5. The van der Waals surface area contributed by atoms with Crippen molar-refractivity contribution >= 4 is 22.4 Å². The third-order valence-electron chi connectivity index (χ3n) is 5.64. The molecule has 5 aromatic rings. The van der Waals surface area contributed by atoms with E-state index in [-0.39, 0.29) is 29.9 Å². The number of aromatic nitrogens is 5. The zero-order valence-electron chi connectivity index (χ0n) is 18.5. The van der Waals surface area contributed by atoms with E-state index in [0.29, 0.717) is 21.5 Å². The molecule has 1 aromatic carbocycles. The number of methoxy groups -OCH3 is 1. The average molecular weight is 485 g/mol. The van der Waals surface area contributed by atoms with Crippen molar-refractivity contribution in [1.29, 1.82) is 0 Å². The lowest BCUT2D eigenvalue weighted by Crippen LogP contribution is -2.20. The number of hydrogen-bond donors (Lipinski definition) is 0. The molecule has 4 aromatic heterocycles. The van der Waals surface area contributed by atoms with Crippen LogP contribution in [0.2, 0.25) is 0 Å². The smallest absolute Gasteiger partial charge is 0.434 e. The van der Waals surface area contributed by atoms with Crippen molar-refractivity contribution in [2.24, 2.45) is 0 Å². The van der Waals surface area contributed by atoms with Crippen LogP contribution in [0.5, 0.6) is 5.75 Å². The summed E-state index contributed by atoms with van der Waals surface area (Å²) in [5.74, 6) is -0.547. The van der Waals surface area contributed by atoms with Crippen LogP contribution in [0.1, 0.15) is 28.5 Å². The molecule has 0 aliphatic rings. The molecule has 0 bridgehead atoms. The predicted molar refractivity (Wildman–Crippen MR) is 118 cm³/mol. The van der Waals surface area contributed by atoms with E-state index in [0.717, 1.165) is 11.8 Å². The van der Waals surface area contributed by atoms with Crippen molar-refractivity contribution in [3.05, 3.63) is 76.0 Å². The zero-order valence-corrected chi connectivity index (χ0v) is 18.5. The van der Waals surface area contributed by atoms with Gasteiger partial charge in [0.05, 0.1) is 43.6 Å². The number of halogens is 3. The number of pyridine rings is 1. The van der Waals surface area contributed by atoms with Gasteiger partial charge in [0.25, 0.3) is 5.56 Å². The van der Waals surface area contributed by atoms with Crippen LogP contribution in [0.3, 0.4) is 0 Å². The molecule has 0 spiro atoms. The number of rotatable bonds is 6. The first-order valence-electron chi connectivity index (χ1n) is 10.5. The minimum absolute atomic E-state index is 0.0861. The molecule has 0 aliphatic carbocycles. The molecule has 0 saturated heterocycles. The van der Waals surface area contributed by atoms with Crippen molar-refractivity contribution < 1.29 is 27.4 Å². The normalized spacial score (nSPS) is 12.0. The van der Waals surface area contributed by atoms with E-state index in [9.17, 15) is 22.8 Å². The Balaban J connectivity index is 1.66. The minimum Gasteiger partial charge on any atom is -0.497 e. The van der Waals surface area contributed by atoms with Crippen molar-refractivity contribution in [1.82, 2.24) is 24.0 Å². The van der Waals surface area contributed by atoms with Gasteiger partial charge in [-0.15, -0.1) is 0 Å². The summed E-state index contributed by atoms with van der Waals surface area (Å²) >= 11 is 0. The third-order valence-corrected chi connectivity index (χ3v) is 5.64. The Morgan fingerprint density at radius 2 is 1.80 bits per heavy atom. The van der Waals surface area contributed by atoms with Crippen molar-refractivity contribution in [3.8, 4) is 11.6 Å². The summed E-state index contributed by atoms with van der Waals surface area (Å²) in [5, 5.41) is 8.21.